The molecule has 2 fully saturated rings. The Bertz CT molecular complexity index is 835. The molecule has 0 N–H and O–H groups in total. The fraction of sp³-hybridized carbons (Fsp3) is 0.500. The summed E-state index contributed by atoms with van der Waals surface area (Å²) in [4.78, 5) is 22.2. The summed E-state index contributed by atoms with van der Waals surface area (Å²) in [5.74, 6) is 1.17. The van der Waals surface area contributed by atoms with Gasteiger partial charge in [0.25, 0.3) is 0 Å². The number of methoxy groups -OCH3 is 1. The summed E-state index contributed by atoms with van der Waals surface area (Å²) in [7, 11) is 1.69. The Hall–Kier alpha value is -2.57. The molecular weight excluding hydrogens is 400 g/mol. The molecule has 2 aromatic carbocycles. The number of benzene rings is 2. The van der Waals surface area contributed by atoms with Gasteiger partial charge in [-0.15, -0.1) is 0 Å². The van der Waals surface area contributed by atoms with Gasteiger partial charge in [-0.1, -0.05) is 30.3 Å². The minimum Gasteiger partial charge on any atom is -0.497 e. The van der Waals surface area contributed by atoms with Crippen LogP contribution in [0.3, 0.4) is 0 Å². The van der Waals surface area contributed by atoms with E-state index in [1.165, 1.54) is 17.7 Å². The van der Waals surface area contributed by atoms with Crippen LogP contribution >= 0.6 is 0 Å². The standard InChI is InChI=1S/C26H36N4O2/c1-32-25-10-8-24(9-11-25)29-18-20-30(21-19-29)26(31)12-15-27-13-5-14-28(17-16-27)22-23-6-3-2-4-7-23/h2-4,6-11H,5,12-22H2,1H3. The molecule has 2 aromatic rings. The van der Waals surface area contributed by atoms with Gasteiger partial charge in [0.05, 0.1) is 7.11 Å². The molecule has 6 nitrogen and oxygen atoms in total. The van der Waals surface area contributed by atoms with E-state index in [0.717, 1.165) is 71.2 Å². The maximum atomic E-state index is 12.8. The van der Waals surface area contributed by atoms with Crippen LogP contribution in [0.2, 0.25) is 0 Å². The van der Waals surface area contributed by atoms with E-state index >= 15 is 0 Å². The van der Waals surface area contributed by atoms with Crippen LogP contribution in [0, 0.1) is 0 Å². The van der Waals surface area contributed by atoms with Crippen LogP contribution in [-0.4, -0.2) is 86.6 Å². The second-order valence-electron chi connectivity index (χ2n) is 8.77. The lowest BCUT2D eigenvalue weighted by molar-refractivity contribution is -0.131. The van der Waals surface area contributed by atoms with Crippen molar-refractivity contribution in [1.29, 1.82) is 0 Å². The highest BCUT2D eigenvalue weighted by Gasteiger charge is 2.22. The van der Waals surface area contributed by atoms with E-state index in [1.807, 2.05) is 17.0 Å². The number of amides is 1. The van der Waals surface area contributed by atoms with Crippen molar-refractivity contribution in [3.05, 3.63) is 60.2 Å². The number of anilines is 1. The highest BCUT2D eigenvalue weighted by molar-refractivity contribution is 5.76. The number of hydrogen-bond donors (Lipinski definition) is 0. The van der Waals surface area contributed by atoms with Gasteiger partial charge >= 0.3 is 0 Å². The van der Waals surface area contributed by atoms with Crippen LogP contribution in [0.5, 0.6) is 5.75 Å². The summed E-state index contributed by atoms with van der Waals surface area (Å²) in [5, 5.41) is 0. The van der Waals surface area contributed by atoms with Gasteiger partial charge in [0.15, 0.2) is 0 Å². The molecule has 2 aliphatic rings. The summed E-state index contributed by atoms with van der Waals surface area (Å²) >= 11 is 0. The first-order chi connectivity index (χ1) is 15.7. The molecule has 0 saturated carbocycles. The maximum absolute atomic E-state index is 12.8. The lowest BCUT2D eigenvalue weighted by Gasteiger charge is -2.36. The largest absolute Gasteiger partial charge is 0.497 e. The molecule has 1 amide bonds. The lowest BCUT2D eigenvalue weighted by atomic mass is 10.2. The number of rotatable bonds is 7. The van der Waals surface area contributed by atoms with Crippen LogP contribution < -0.4 is 9.64 Å². The second kappa shape index (κ2) is 11.3. The van der Waals surface area contributed by atoms with Crippen molar-refractivity contribution in [3.63, 3.8) is 0 Å². The normalized spacial score (nSPS) is 18.4. The second-order valence-corrected chi connectivity index (χ2v) is 8.77. The Labute approximate surface area is 192 Å². The molecule has 0 atom stereocenters. The van der Waals surface area contributed by atoms with E-state index < -0.39 is 0 Å². The van der Waals surface area contributed by atoms with Gasteiger partial charge in [0.2, 0.25) is 5.91 Å². The van der Waals surface area contributed by atoms with Crippen LogP contribution in [0.1, 0.15) is 18.4 Å². The van der Waals surface area contributed by atoms with Crippen molar-refractivity contribution < 1.29 is 9.53 Å². The van der Waals surface area contributed by atoms with Crippen molar-refractivity contribution in [2.24, 2.45) is 0 Å². The third kappa shape index (κ3) is 6.24. The fourth-order valence-electron chi connectivity index (χ4n) is 4.67. The molecule has 4 rings (SSSR count). The number of carbonyl (C=O) groups is 1. The van der Waals surface area contributed by atoms with Gasteiger partial charge in [-0.3, -0.25) is 9.69 Å². The molecule has 2 saturated heterocycles. The summed E-state index contributed by atoms with van der Waals surface area (Å²) in [5.41, 5.74) is 2.58. The first-order valence-corrected chi connectivity index (χ1v) is 11.9. The molecule has 2 aliphatic heterocycles. The van der Waals surface area contributed by atoms with Crippen molar-refractivity contribution >= 4 is 11.6 Å². The van der Waals surface area contributed by atoms with E-state index in [4.69, 9.17) is 4.74 Å². The number of nitrogens with zero attached hydrogens (tertiary/aromatic N) is 4. The first-order valence-electron chi connectivity index (χ1n) is 11.9. The minimum atomic E-state index is 0.296. The smallest absolute Gasteiger partial charge is 0.223 e. The average Bonchev–Trinajstić information content (AvgIpc) is 3.08. The third-order valence-electron chi connectivity index (χ3n) is 6.64. The molecule has 172 valence electrons. The van der Waals surface area contributed by atoms with Crippen LogP contribution in [0.4, 0.5) is 5.69 Å². The predicted molar refractivity (Wildman–Crippen MR) is 129 cm³/mol. The van der Waals surface area contributed by atoms with Gasteiger partial charge in [-0.05, 0) is 49.3 Å². The SMILES string of the molecule is COc1ccc(N2CCN(C(=O)CCN3CCCN(Cc4ccccc4)CC3)CC2)cc1. The van der Waals surface area contributed by atoms with E-state index in [0.29, 0.717) is 12.3 Å². The third-order valence-corrected chi connectivity index (χ3v) is 6.64. The zero-order chi connectivity index (χ0) is 22.2. The number of piperazine rings is 1. The first kappa shape index (κ1) is 22.6. The number of hydrogen-bond acceptors (Lipinski definition) is 5. The quantitative estimate of drug-likeness (QED) is 0.667. The zero-order valence-electron chi connectivity index (χ0n) is 19.3. The molecule has 0 aromatic heterocycles. The molecule has 0 unspecified atom stereocenters. The van der Waals surface area contributed by atoms with E-state index in [-0.39, 0.29) is 0 Å². The molecule has 0 aliphatic carbocycles. The zero-order valence-corrected chi connectivity index (χ0v) is 19.3. The van der Waals surface area contributed by atoms with Crippen LogP contribution in [-0.2, 0) is 11.3 Å². The Balaban J connectivity index is 1.17. The Kier molecular flexibility index (Phi) is 8.02. The van der Waals surface area contributed by atoms with Gasteiger partial charge in [-0.2, -0.15) is 0 Å². The number of ether oxygens (including phenoxy) is 1. The van der Waals surface area contributed by atoms with Gasteiger partial charge in [-0.25, -0.2) is 0 Å². The van der Waals surface area contributed by atoms with E-state index in [1.54, 1.807) is 7.11 Å². The Morgan fingerprint density at radius 3 is 2.22 bits per heavy atom. The highest BCUT2D eigenvalue weighted by Crippen LogP contribution is 2.20. The summed E-state index contributed by atoms with van der Waals surface area (Å²) in [6, 6.07) is 18.9. The monoisotopic (exact) mass is 436 g/mol. The topological polar surface area (TPSA) is 39.3 Å². The van der Waals surface area contributed by atoms with Crippen molar-refractivity contribution in [3.8, 4) is 5.75 Å². The molecule has 0 bridgehead atoms. The molecule has 6 heteroatoms. The fourth-order valence-corrected chi connectivity index (χ4v) is 4.67. The lowest BCUT2D eigenvalue weighted by Crippen LogP contribution is -2.49. The van der Waals surface area contributed by atoms with E-state index in [9.17, 15) is 4.79 Å². The highest BCUT2D eigenvalue weighted by atomic mass is 16.5. The van der Waals surface area contributed by atoms with Crippen molar-refractivity contribution in [1.82, 2.24) is 14.7 Å². The van der Waals surface area contributed by atoms with Crippen molar-refractivity contribution in [2.45, 2.75) is 19.4 Å². The minimum absolute atomic E-state index is 0.296. The van der Waals surface area contributed by atoms with E-state index in [2.05, 4.69) is 57.2 Å². The summed E-state index contributed by atoms with van der Waals surface area (Å²) < 4.78 is 5.24. The average molecular weight is 437 g/mol. The maximum Gasteiger partial charge on any atom is 0.223 e. The molecule has 0 radical (unpaired) electrons. The Morgan fingerprint density at radius 1 is 0.812 bits per heavy atom. The van der Waals surface area contributed by atoms with Gasteiger partial charge < -0.3 is 19.4 Å². The Morgan fingerprint density at radius 2 is 1.50 bits per heavy atom. The van der Waals surface area contributed by atoms with Gasteiger partial charge in [0, 0.05) is 64.5 Å². The van der Waals surface area contributed by atoms with Crippen LogP contribution in [0.15, 0.2) is 54.6 Å². The summed E-state index contributed by atoms with van der Waals surface area (Å²) in [6.45, 7) is 9.60. The number of carbonyl (C=O) groups excluding carboxylic acids is 1. The van der Waals surface area contributed by atoms with Crippen LogP contribution in [0.25, 0.3) is 0 Å². The van der Waals surface area contributed by atoms with Gasteiger partial charge in [0.1, 0.15) is 5.75 Å². The molecule has 0 spiro atoms. The predicted octanol–water partition coefficient (Wildman–Crippen LogP) is 2.94. The molecule has 2 heterocycles. The summed E-state index contributed by atoms with van der Waals surface area (Å²) in [6.07, 6.45) is 1.79. The molecular formula is C26H36N4O2. The van der Waals surface area contributed by atoms with Crippen molar-refractivity contribution in [2.75, 3.05) is 70.9 Å². The molecule has 32 heavy (non-hydrogen) atoms.